The lowest BCUT2D eigenvalue weighted by atomic mass is 10.2. The number of nitrogens with zero attached hydrogens (tertiary/aromatic N) is 4. The van der Waals surface area contributed by atoms with Crippen LogP contribution in [0.3, 0.4) is 0 Å². The van der Waals surface area contributed by atoms with Gasteiger partial charge in [0.05, 0.1) is 29.8 Å². The molecule has 3 heterocycles. The summed E-state index contributed by atoms with van der Waals surface area (Å²) in [7, 11) is 0. The SMILES string of the molecule is CCc1nnsc1C(=O)Nc1ccc(N2C[C@@H](C)O[C@@H](C)C2)nc1. The van der Waals surface area contributed by atoms with Gasteiger partial charge in [-0.1, -0.05) is 11.4 Å². The van der Waals surface area contributed by atoms with E-state index in [4.69, 9.17) is 4.74 Å². The van der Waals surface area contributed by atoms with Gasteiger partial charge in [0, 0.05) is 13.1 Å². The van der Waals surface area contributed by atoms with Crippen molar-refractivity contribution < 1.29 is 9.53 Å². The van der Waals surface area contributed by atoms with E-state index in [1.165, 1.54) is 0 Å². The molecule has 1 amide bonds. The molecular formula is C16H21N5O2S. The standard InChI is InChI=1S/C16H21N5O2S/c1-4-13-15(24-20-19-13)16(22)18-12-5-6-14(17-7-12)21-8-10(2)23-11(3)9-21/h5-7,10-11H,4,8-9H2,1-3H3,(H,18,22)/t10-,11+. The second kappa shape index (κ2) is 7.23. The zero-order valence-electron chi connectivity index (χ0n) is 14.0. The van der Waals surface area contributed by atoms with Crippen LogP contribution >= 0.6 is 11.5 Å². The lowest BCUT2D eigenvalue weighted by Crippen LogP contribution is -2.45. The van der Waals surface area contributed by atoms with Gasteiger partial charge in [-0.2, -0.15) is 0 Å². The lowest BCUT2D eigenvalue weighted by molar-refractivity contribution is -0.00545. The third-order valence-corrected chi connectivity index (χ3v) is 4.61. The van der Waals surface area contributed by atoms with Gasteiger partial charge in [-0.15, -0.1) is 5.10 Å². The number of hydrogen-bond acceptors (Lipinski definition) is 7. The zero-order valence-corrected chi connectivity index (χ0v) is 14.8. The number of carbonyl (C=O) groups is 1. The van der Waals surface area contributed by atoms with Crippen molar-refractivity contribution in [2.75, 3.05) is 23.3 Å². The molecule has 1 aliphatic rings. The Morgan fingerprint density at radius 2 is 2.12 bits per heavy atom. The number of pyridine rings is 1. The molecule has 1 saturated heterocycles. The molecule has 0 unspecified atom stereocenters. The van der Waals surface area contributed by atoms with Gasteiger partial charge in [0.15, 0.2) is 0 Å². The molecule has 3 rings (SSSR count). The second-order valence-corrected chi connectivity index (χ2v) is 6.68. The van der Waals surface area contributed by atoms with E-state index in [1.807, 2.05) is 19.1 Å². The topological polar surface area (TPSA) is 80.2 Å². The Morgan fingerprint density at radius 3 is 2.75 bits per heavy atom. The maximum Gasteiger partial charge on any atom is 0.269 e. The minimum absolute atomic E-state index is 0.182. The van der Waals surface area contributed by atoms with Crippen LogP contribution in [-0.4, -0.2) is 45.8 Å². The van der Waals surface area contributed by atoms with Crippen molar-refractivity contribution in [2.45, 2.75) is 39.4 Å². The summed E-state index contributed by atoms with van der Waals surface area (Å²) in [6.07, 6.45) is 2.73. The summed E-state index contributed by atoms with van der Waals surface area (Å²) in [6.45, 7) is 7.70. The van der Waals surface area contributed by atoms with E-state index in [9.17, 15) is 4.79 Å². The van der Waals surface area contributed by atoms with Crippen LogP contribution in [0.5, 0.6) is 0 Å². The van der Waals surface area contributed by atoms with Crippen molar-refractivity contribution >= 4 is 28.9 Å². The molecule has 0 spiro atoms. The van der Waals surface area contributed by atoms with E-state index >= 15 is 0 Å². The summed E-state index contributed by atoms with van der Waals surface area (Å²) in [5.41, 5.74) is 1.38. The maximum atomic E-state index is 12.3. The first kappa shape index (κ1) is 16.8. The van der Waals surface area contributed by atoms with Crippen LogP contribution in [0.2, 0.25) is 0 Å². The van der Waals surface area contributed by atoms with E-state index in [0.29, 0.717) is 17.0 Å². The Kier molecular flexibility index (Phi) is 5.06. The summed E-state index contributed by atoms with van der Waals surface area (Å²) < 4.78 is 9.58. The molecule has 128 valence electrons. The third-order valence-electron chi connectivity index (χ3n) is 3.85. The lowest BCUT2D eigenvalue weighted by Gasteiger charge is -2.36. The van der Waals surface area contributed by atoms with Gasteiger partial charge in [-0.05, 0) is 43.9 Å². The number of hydrogen-bond donors (Lipinski definition) is 1. The number of aromatic nitrogens is 3. The number of morpholine rings is 1. The molecule has 0 bridgehead atoms. The number of rotatable bonds is 4. The fourth-order valence-corrected chi connectivity index (χ4v) is 3.46. The molecule has 8 heteroatoms. The van der Waals surface area contributed by atoms with Crippen molar-refractivity contribution in [3.8, 4) is 0 Å². The average Bonchev–Trinajstić information content (AvgIpc) is 3.03. The van der Waals surface area contributed by atoms with Crippen LogP contribution in [0.15, 0.2) is 18.3 Å². The molecule has 2 aromatic heterocycles. The highest BCUT2D eigenvalue weighted by Gasteiger charge is 2.23. The quantitative estimate of drug-likeness (QED) is 0.914. The van der Waals surface area contributed by atoms with Gasteiger partial charge < -0.3 is 15.0 Å². The Morgan fingerprint density at radius 1 is 1.38 bits per heavy atom. The first-order chi connectivity index (χ1) is 11.6. The van der Waals surface area contributed by atoms with E-state index < -0.39 is 0 Å². The molecule has 1 N–H and O–H groups in total. The molecule has 0 radical (unpaired) electrons. The van der Waals surface area contributed by atoms with E-state index in [2.05, 4.69) is 38.6 Å². The molecule has 1 fully saturated rings. The van der Waals surface area contributed by atoms with Gasteiger partial charge in [0.25, 0.3) is 5.91 Å². The molecule has 0 saturated carbocycles. The Labute approximate surface area is 145 Å². The second-order valence-electron chi connectivity index (χ2n) is 5.92. The average molecular weight is 347 g/mol. The minimum atomic E-state index is -0.190. The highest BCUT2D eigenvalue weighted by atomic mass is 32.1. The zero-order chi connectivity index (χ0) is 17.1. The molecular weight excluding hydrogens is 326 g/mol. The molecule has 1 aliphatic heterocycles. The summed E-state index contributed by atoms with van der Waals surface area (Å²) in [5.74, 6) is 0.703. The van der Waals surface area contributed by atoms with Crippen LogP contribution in [0.1, 0.15) is 36.1 Å². The van der Waals surface area contributed by atoms with Crippen molar-refractivity contribution in [1.82, 2.24) is 14.6 Å². The minimum Gasteiger partial charge on any atom is -0.372 e. The fourth-order valence-electron chi connectivity index (χ4n) is 2.81. The number of ether oxygens (including phenoxy) is 1. The summed E-state index contributed by atoms with van der Waals surface area (Å²) >= 11 is 1.11. The Balaban J connectivity index is 1.67. The smallest absolute Gasteiger partial charge is 0.269 e. The third kappa shape index (κ3) is 3.70. The molecule has 7 nitrogen and oxygen atoms in total. The number of anilines is 2. The van der Waals surface area contributed by atoms with Crippen LogP contribution in [-0.2, 0) is 11.2 Å². The number of amides is 1. The van der Waals surface area contributed by atoms with Crippen LogP contribution in [0, 0.1) is 0 Å². The van der Waals surface area contributed by atoms with Gasteiger partial charge in [0.2, 0.25) is 0 Å². The molecule has 2 atom stereocenters. The van der Waals surface area contributed by atoms with Crippen LogP contribution in [0.25, 0.3) is 0 Å². The first-order valence-corrected chi connectivity index (χ1v) is 8.83. The van der Waals surface area contributed by atoms with E-state index in [1.54, 1.807) is 6.20 Å². The Hall–Kier alpha value is -2.06. The summed E-state index contributed by atoms with van der Waals surface area (Å²) in [4.78, 5) is 19.5. The molecule has 0 aromatic carbocycles. The predicted molar refractivity (Wildman–Crippen MR) is 93.7 cm³/mol. The van der Waals surface area contributed by atoms with E-state index in [0.717, 1.165) is 36.1 Å². The Bertz CT molecular complexity index is 693. The van der Waals surface area contributed by atoms with Crippen LogP contribution < -0.4 is 10.2 Å². The first-order valence-electron chi connectivity index (χ1n) is 8.05. The maximum absolute atomic E-state index is 12.3. The summed E-state index contributed by atoms with van der Waals surface area (Å²) in [6, 6.07) is 3.79. The molecule has 2 aromatic rings. The number of aryl methyl sites for hydroxylation is 1. The van der Waals surface area contributed by atoms with Gasteiger partial charge in [-0.3, -0.25) is 4.79 Å². The predicted octanol–water partition coefficient (Wildman–Crippen LogP) is 2.36. The van der Waals surface area contributed by atoms with Gasteiger partial charge >= 0.3 is 0 Å². The molecule has 24 heavy (non-hydrogen) atoms. The number of nitrogens with one attached hydrogen (secondary N) is 1. The summed E-state index contributed by atoms with van der Waals surface area (Å²) in [5, 5.41) is 6.81. The largest absolute Gasteiger partial charge is 0.372 e. The van der Waals surface area contributed by atoms with Gasteiger partial charge in [0.1, 0.15) is 10.7 Å². The monoisotopic (exact) mass is 347 g/mol. The fraction of sp³-hybridized carbons (Fsp3) is 0.500. The van der Waals surface area contributed by atoms with Crippen molar-refractivity contribution in [2.24, 2.45) is 0 Å². The normalized spacial score (nSPS) is 20.9. The van der Waals surface area contributed by atoms with Gasteiger partial charge in [-0.25, -0.2) is 4.98 Å². The van der Waals surface area contributed by atoms with Crippen molar-refractivity contribution in [3.05, 3.63) is 28.9 Å². The van der Waals surface area contributed by atoms with E-state index in [-0.39, 0.29) is 18.1 Å². The highest BCUT2D eigenvalue weighted by Crippen LogP contribution is 2.20. The van der Waals surface area contributed by atoms with Crippen molar-refractivity contribution in [3.63, 3.8) is 0 Å². The van der Waals surface area contributed by atoms with Crippen LogP contribution in [0.4, 0.5) is 11.5 Å². The number of carbonyl (C=O) groups excluding carboxylic acids is 1. The highest BCUT2D eigenvalue weighted by molar-refractivity contribution is 7.08. The molecule has 0 aliphatic carbocycles. The van der Waals surface area contributed by atoms with Crippen molar-refractivity contribution in [1.29, 1.82) is 0 Å².